The van der Waals surface area contributed by atoms with Crippen molar-refractivity contribution in [3.63, 3.8) is 0 Å². The normalized spacial score (nSPS) is 12.1. The van der Waals surface area contributed by atoms with Crippen LogP contribution in [0.25, 0.3) is 11.5 Å². The lowest BCUT2D eigenvalue weighted by Crippen LogP contribution is -2.29. The van der Waals surface area contributed by atoms with E-state index in [2.05, 4.69) is 5.10 Å². The van der Waals surface area contributed by atoms with Crippen molar-refractivity contribution in [3.05, 3.63) is 70.7 Å². The molecule has 1 atom stereocenters. The molecule has 0 amide bonds. The van der Waals surface area contributed by atoms with E-state index in [-0.39, 0.29) is 24.8 Å². The van der Waals surface area contributed by atoms with Gasteiger partial charge >= 0.3 is 5.76 Å². The van der Waals surface area contributed by atoms with E-state index in [4.69, 9.17) is 9.15 Å². The van der Waals surface area contributed by atoms with Gasteiger partial charge in [0.1, 0.15) is 18.5 Å². The van der Waals surface area contributed by atoms with E-state index in [1.807, 2.05) is 0 Å². The zero-order chi connectivity index (χ0) is 17.8. The van der Waals surface area contributed by atoms with Gasteiger partial charge in [0.15, 0.2) is 11.6 Å². The third kappa shape index (κ3) is 4.10. The molecule has 0 aliphatic carbocycles. The van der Waals surface area contributed by atoms with Crippen LogP contribution in [0, 0.1) is 11.6 Å². The third-order valence-electron chi connectivity index (χ3n) is 3.35. The Hall–Kier alpha value is -3.00. The molecule has 0 aliphatic heterocycles. The molecular formula is C17H14F2N2O4. The van der Waals surface area contributed by atoms with Gasteiger partial charge in [-0.2, -0.15) is 4.68 Å². The number of aliphatic hydroxyl groups is 1. The molecule has 25 heavy (non-hydrogen) atoms. The van der Waals surface area contributed by atoms with E-state index in [9.17, 15) is 18.7 Å². The summed E-state index contributed by atoms with van der Waals surface area (Å²) in [6, 6.07) is 11.0. The van der Waals surface area contributed by atoms with Crippen molar-refractivity contribution in [1.82, 2.24) is 9.78 Å². The van der Waals surface area contributed by atoms with Crippen LogP contribution in [-0.2, 0) is 6.54 Å². The topological polar surface area (TPSA) is 77.5 Å². The van der Waals surface area contributed by atoms with E-state index in [0.29, 0.717) is 5.56 Å². The molecule has 1 aromatic heterocycles. The highest BCUT2D eigenvalue weighted by atomic mass is 19.1. The second kappa shape index (κ2) is 7.27. The second-order valence-electron chi connectivity index (χ2n) is 5.26. The van der Waals surface area contributed by atoms with E-state index >= 15 is 0 Å². The Kier molecular flexibility index (Phi) is 4.90. The molecule has 3 aromatic rings. The minimum absolute atomic E-state index is 0.000973. The van der Waals surface area contributed by atoms with Crippen molar-refractivity contribution < 1.29 is 23.0 Å². The lowest BCUT2D eigenvalue weighted by Gasteiger charge is -2.11. The van der Waals surface area contributed by atoms with Crippen LogP contribution in [0.5, 0.6) is 5.75 Å². The Balaban J connectivity index is 1.65. The quantitative estimate of drug-likeness (QED) is 0.739. The molecule has 1 heterocycles. The maximum absolute atomic E-state index is 13.4. The summed E-state index contributed by atoms with van der Waals surface area (Å²) >= 11 is 0. The molecule has 0 radical (unpaired) electrons. The molecule has 0 spiro atoms. The maximum atomic E-state index is 13.4. The molecule has 3 rings (SSSR count). The predicted octanol–water partition coefficient (Wildman–Crippen LogP) is 2.22. The molecule has 1 unspecified atom stereocenters. The molecule has 0 bridgehead atoms. The van der Waals surface area contributed by atoms with Gasteiger partial charge in [0.25, 0.3) is 0 Å². The van der Waals surface area contributed by atoms with Crippen molar-refractivity contribution in [2.45, 2.75) is 12.6 Å². The van der Waals surface area contributed by atoms with Crippen molar-refractivity contribution in [2.24, 2.45) is 0 Å². The van der Waals surface area contributed by atoms with E-state index in [1.54, 1.807) is 6.07 Å². The third-order valence-corrected chi connectivity index (χ3v) is 3.35. The van der Waals surface area contributed by atoms with Crippen LogP contribution in [0.2, 0.25) is 0 Å². The highest BCUT2D eigenvalue weighted by molar-refractivity contribution is 5.51. The maximum Gasteiger partial charge on any atom is 0.437 e. The van der Waals surface area contributed by atoms with Gasteiger partial charge < -0.3 is 14.3 Å². The van der Waals surface area contributed by atoms with Crippen LogP contribution >= 0.6 is 0 Å². The van der Waals surface area contributed by atoms with E-state index in [0.717, 1.165) is 4.68 Å². The number of hydrogen-bond acceptors (Lipinski definition) is 5. The van der Waals surface area contributed by atoms with Crippen LogP contribution in [0.4, 0.5) is 8.78 Å². The number of para-hydroxylation sites is 1. The molecular weight excluding hydrogens is 334 g/mol. The molecule has 0 saturated carbocycles. The summed E-state index contributed by atoms with van der Waals surface area (Å²) in [5, 5.41) is 13.9. The van der Waals surface area contributed by atoms with Crippen LogP contribution in [0.3, 0.4) is 0 Å². The molecule has 8 heteroatoms. The van der Waals surface area contributed by atoms with Crippen molar-refractivity contribution >= 4 is 0 Å². The average molecular weight is 348 g/mol. The van der Waals surface area contributed by atoms with Gasteiger partial charge in [-0.25, -0.2) is 13.6 Å². The minimum atomic E-state index is -1.11. The molecule has 0 saturated heterocycles. The Morgan fingerprint density at radius 1 is 1.16 bits per heavy atom. The lowest BCUT2D eigenvalue weighted by atomic mass is 10.2. The molecule has 0 aliphatic rings. The SMILES string of the molecule is O=c1oc(-c2ccc(F)cc2)nn1CC(O)COc1ccccc1F. The van der Waals surface area contributed by atoms with E-state index < -0.39 is 23.5 Å². The highest BCUT2D eigenvalue weighted by Crippen LogP contribution is 2.17. The summed E-state index contributed by atoms with van der Waals surface area (Å²) < 4.78 is 37.4. The number of ether oxygens (including phenoxy) is 1. The van der Waals surface area contributed by atoms with Gasteiger partial charge in [-0.3, -0.25) is 0 Å². The largest absolute Gasteiger partial charge is 0.488 e. The van der Waals surface area contributed by atoms with Crippen LogP contribution < -0.4 is 10.5 Å². The second-order valence-corrected chi connectivity index (χ2v) is 5.26. The monoisotopic (exact) mass is 348 g/mol. The van der Waals surface area contributed by atoms with Gasteiger partial charge in [-0.1, -0.05) is 12.1 Å². The van der Waals surface area contributed by atoms with E-state index in [1.165, 1.54) is 42.5 Å². The van der Waals surface area contributed by atoms with Gasteiger partial charge in [-0.15, -0.1) is 5.10 Å². The summed E-state index contributed by atoms with van der Waals surface area (Å²) in [7, 11) is 0. The Morgan fingerprint density at radius 3 is 2.60 bits per heavy atom. The number of benzene rings is 2. The number of aliphatic hydroxyl groups excluding tert-OH is 1. The van der Waals surface area contributed by atoms with Crippen molar-refractivity contribution in [2.75, 3.05) is 6.61 Å². The first kappa shape index (κ1) is 16.8. The number of halogens is 2. The Labute approximate surface area is 140 Å². The lowest BCUT2D eigenvalue weighted by molar-refractivity contribution is 0.0856. The summed E-state index contributed by atoms with van der Waals surface area (Å²) in [5.41, 5.74) is 0.425. The standard InChI is InChI=1S/C17H14F2N2O4/c18-12-7-5-11(6-8-12)16-20-21(17(23)25-16)9-13(22)10-24-15-4-2-1-3-14(15)19/h1-8,13,22H,9-10H2. The summed E-state index contributed by atoms with van der Waals surface area (Å²) in [4.78, 5) is 11.8. The number of rotatable bonds is 6. The fourth-order valence-electron chi connectivity index (χ4n) is 2.13. The summed E-state index contributed by atoms with van der Waals surface area (Å²) in [6.45, 7) is -0.426. The van der Waals surface area contributed by atoms with Crippen LogP contribution in [-0.4, -0.2) is 27.6 Å². The zero-order valence-corrected chi connectivity index (χ0v) is 12.9. The zero-order valence-electron chi connectivity index (χ0n) is 12.9. The van der Waals surface area contributed by atoms with Gasteiger partial charge in [0.05, 0.1) is 6.54 Å². The summed E-state index contributed by atoms with van der Waals surface area (Å²) in [5.74, 6) is -1.74. The minimum Gasteiger partial charge on any atom is -0.488 e. The molecule has 1 N–H and O–H groups in total. The molecule has 0 fully saturated rings. The first-order valence-electron chi connectivity index (χ1n) is 7.42. The van der Waals surface area contributed by atoms with Crippen molar-refractivity contribution in [3.8, 4) is 17.2 Å². The van der Waals surface area contributed by atoms with Gasteiger partial charge in [-0.05, 0) is 36.4 Å². The predicted molar refractivity (Wildman–Crippen MR) is 84.1 cm³/mol. The number of hydrogen-bond donors (Lipinski definition) is 1. The Morgan fingerprint density at radius 2 is 1.88 bits per heavy atom. The van der Waals surface area contributed by atoms with Gasteiger partial charge in [0.2, 0.25) is 5.89 Å². The average Bonchev–Trinajstić information content (AvgIpc) is 2.95. The fourth-order valence-corrected chi connectivity index (χ4v) is 2.13. The fraction of sp³-hybridized carbons (Fsp3) is 0.176. The number of nitrogens with zero attached hydrogens (tertiary/aromatic N) is 2. The van der Waals surface area contributed by atoms with Crippen LogP contribution in [0.1, 0.15) is 0 Å². The molecule has 2 aromatic carbocycles. The van der Waals surface area contributed by atoms with Gasteiger partial charge in [0, 0.05) is 5.56 Å². The van der Waals surface area contributed by atoms with Crippen molar-refractivity contribution in [1.29, 1.82) is 0 Å². The van der Waals surface area contributed by atoms with Crippen LogP contribution in [0.15, 0.2) is 57.7 Å². The summed E-state index contributed by atoms with van der Waals surface area (Å²) in [6.07, 6.45) is -1.11. The number of aromatic nitrogens is 2. The molecule has 130 valence electrons. The smallest absolute Gasteiger partial charge is 0.437 e. The Bertz CT molecular complexity index is 906. The highest BCUT2D eigenvalue weighted by Gasteiger charge is 2.15. The first-order valence-corrected chi connectivity index (χ1v) is 7.42. The first-order chi connectivity index (χ1) is 12.0. The molecule has 6 nitrogen and oxygen atoms in total.